The van der Waals surface area contributed by atoms with Crippen molar-refractivity contribution in [1.29, 1.82) is 0 Å². The first-order valence-electron chi connectivity index (χ1n) is 5.89. The highest BCUT2D eigenvalue weighted by Crippen LogP contribution is 2.16. The lowest BCUT2D eigenvalue weighted by atomic mass is 10.2. The largest absolute Gasteiger partial charge is 0.493 e. The van der Waals surface area contributed by atoms with Crippen LogP contribution in [0, 0.1) is 5.82 Å². The van der Waals surface area contributed by atoms with Crippen LogP contribution in [0.5, 0.6) is 5.75 Å². The van der Waals surface area contributed by atoms with Crippen molar-refractivity contribution < 1.29 is 9.13 Å². The second kappa shape index (κ2) is 7.23. The van der Waals surface area contributed by atoms with Gasteiger partial charge in [0.1, 0.15) is 11.6 Å². The zero-order valence-corrected chi connectivity index (χ0v) is 10.1. The lowest BCUT2D eigenvalue weighted by Crippen LogP contribution is -2.12. The standard InChI is InChI=1S/C13H20FNO/c1-3-5-6-16-13-8-11(10-15-4-2)7-12(14)9-13/h7-9,15H,3-6,10H2,1-2H3. The van der Waals surface area contributed by atoms with E-state index >= 15 is 0 Å². The molecule has 0 spiro atoms. The molecule has 0 bridgehead atoms. The Morgan fingerprint density at radius 2 is 2.06 bits per heavy atom. The SMILES string of the molecule is CCCCOc1cc(F)cc(CNCC)c1. The first kappa shape index (κ1) is 13.0. The van der Waals surface area contributed by atoms with Gasteiger partial charge in [-0.1, -0.05) is 20.3 Å². The molecule has 3 heteroatoms. The topological polar surface area (TPSA) is 21.3 Å². The summed E-state index contributed by atoms with van der Waals surface area (Å²) in [7, 11) is 0. The van der Waals surface area contributed by atoms with Crippen molar-refractivity contribution in [2.24, 2.45) is 0 Å². The van der Waals surface area contributed by atoms with E-state index in [2.05, 4.69) is 12.2 Å². The van der Waals surface area contributed by atoms with Crippen LogP contribution in [0.25, 0.3) is 0 Å². The fourth-order valence-electron chi connectivity index (χ4n) is 1.41. The van der Waals surface area contributed by atoms with Crippen LogP contribution in [0.2, 0.25) is 0 Å². The van der Waals surface area contributed by atoms with Crippen molar-refractivity contribution in [3.63, 3.8) is 0 Å². The highest BCUT2D eigenvalue weighted by molar-refractivity contribution is 5.29. The summed E-state index contributed by atoms with van der Waals surface area (Å²) in [6.45, 7) is 6.34. The summed E-state index contributed by atoms with van der Waals surface area (Å²) in [6.07, 6.45) is 2.08. The van der Waals surface area contributed by atoms with E-state index in [1.54, 1.807) is 0 Å². The van der Waals surface area contributed by atoms with Gasteiger partial charge in [-0.05, 0) is 30.7 Å². The number of halogens is 1. The Balaban J connectivity index is 2.58. The van der Waals surface area contributed by atoms with Gasteiger partial charge in [-0.15, -0.1) is 0 Å². The smallest absolute Gasteiger partial charge is 0.127 e. The molecule has 0 aliphatic heterocycles. The average Bonchev–Trinajstić information content (AvgIpc) is 2.26. The molecule has 0 saturated carbocycles. The molecule has 0 heterocycles. The van der Waals surface area contributed by atoms with Crippen molar-refractivity contribution in [3.05, 3.63) is 29.6 Å². The summed E-state index contributed by atoms with van der Waals surface area (Å²) in [5, 5.41) is 3.16. The lowest BCUT2D eigenvalue weighted by Gasteiger charge is -2.08. The third-order valence-electron chi connectivity index (χ3n) is 2.28. The second-order valence-corrected chi connectivity index (χ2v) is 3.78. The molecular weight excluding hydrogens is 205 g/mol. The zero-order valence-electron chi connectivity index (χ0n) is 10.1. The number of ether oxygens (including phenoxy) is 1. The Kier molecular flexibility index (Phi) is 5.86. The maximum absolute atomic E-state index is 13.3. The van der Waals surface area contributed by atoms with Crippen LogP contribution < -0.4 is 10.1 Å². The molecule has 1 aromatic rings. The molecule has 90 valence electrons. The van der Waals surface area contributed by atoms with Gasteiger partial charge in [0.25, 0.3) is 0 Å². The van der Waals surface area contributed by atoms with Crippen LogP contribution in [0.1, 0.15) is 32.3 Å². The van der Waals surface area contributed by atoms with E-state index < -0.39 is 0 Å². The van der Waals surface area contributed by atoms with Crippen LogP contribution in [0.4, 0.5) is 4.39 Å². The molecule has 0 atom stereocenters. The first-order chi connectivity index (χ1) is 7.76. The minimum absolute atomic E-state index is 0.234. The maximum Gasteiger partial charge on any atom is 0.127 e. The van der Waals surface area contributed by atoms with E-state index in [1.807, 2.05) is 13.0 Å². The normalized spacial score (nSPS) is 10.4. The maximum atomic E-state index is 13.3. The summed E-state index contributed by atoms with van der Waals surface area (Å²) in [5.74, 6) is 0.392. The van der Waals surface area contributed by atoms with E-state index in [4.69, 9.17) is 4.74 Å². The highest BCUT2D eigenvalue weighted by Gasteiger charge is 2.01. The monoisotopic (exact) mass is 225 g/mol. The molecule has 0 aromatic heterocycles. The van der Waals surface area contributed by atoms with Crippen LogP contribution in [-0.4, -0.2) is 13.2 Å². The third-order valence-corrected chi connectivity index (χ3v) is 2.28. The zero-order chi connectivity index (χ0) is 11.8. The van der Waals surface area contributed by atoms with E-state index in [9.17, 15) is 4.39 Å². The Labute approximate surface area is 96.8 Å². The minimum atomic E-state index is -0.234. The van der Waals surface area contributed by atoms with Gasteiger partial charge in [0.05, 0.1) is 6.61 Å². The van der Waals surface area contributed by atoms with Gasteiger partial charge >= 0.3 is 0 Å². The number of hydrogen-bond donors (Lipinski definition) is 1. The van der Waals surface area contributed by atoms with Crippen LogP contribution >= 0.6 is 0 Å². The molecule has 0 radical (unpaired) electrons. The van der Waals surface area contributed by atoms with E-state index in [0.29, 0.717) is 18.9 Å². The Morgan fingerprint density at radius 3 is 2.75 bits per heavy atom. The first-order valence-corrected chi connectivity index (χ1v) is 5.89. The molecule has 1 aromatic carbocycles. The van der Waals surface area contributed by atoms with Crippen molar-refractivity contribution in [1.82, 2.24) is 5.32 Å². The molecule has 1 rings (SSSR count). The van der Waals surface area contributed by atoms with E-state index in [0.717, 1.165) is 24.9 Å². The summed E-state index contributed by atoms with van der Waals surface area (Å²) in [4.78, 5) is 0. The molecule has 0 aliphatic rings. The molecule has 0 amide bonds. The van der Waals surface area contributed by atoms with Crippen LogP contribution in [0.3, 0.4) is 0 Å². The number of rotatable bonds is 7. The Hall–Kier alpha value is -1.09. The quantitative estimate of drug-likeness (QED) is 0.720. The summed E-state index contributed by atoms with van der Waals surface area (Å²) in [6, 6.07) is 4.86. The number of benzene rings is 1. The lowest BCUT2D eigenvalue weighted by molar-refractivity contribution is 0.307. The van der Waals surface area contributed by atoms with Crippen molar-refractivity contribution in [2.45, 2.75) is 33.2 Å². The third kappa shape index (κ3) is 4.62. The fraction of sp³-hybridized carbons (Fsp3) is 0.538. The van der Waals surface area contributed by atoms with Gasteiger partial charge in [0.2, 0.25) is 0 Å². The molecular formula is C13H20FNO. The number of hydrogen-bond acceptors (Lipinski definition) is 2. The molecule has 0 aliphatic carbocycles. The Morgan fingerprint density at radius 1 is 1.25 bits per heavy atom. The van der Waals surface area contributed by atoms with Crippen molar-refractivity contribution >= 4 is 0 Å². The van der Waals surface area contributed by atoms with Gasteiger partial charge in [-0.25, -0.2) is 4.39 Å². The van der Waals surface area contributed by atoms with Crippen LogP contribution in [-0.2, 0) is 6.54 Å². The second-order valence-electron chi connectivity index (χ2n) is 3.78. The van der Waals surface area contributed by atoms with Gasteiger partial charge in [-0.3, -0.25) is 0 Å². The van der Waals surface area contributed by atoms with Crippen molar-refractivity contribution in [3.8, 4) is 5.75 Å². The summed E-state index contributed by atoms with van der Waals surface area (Å²) in [5.41, 5.74) is 0.924. The predicted molar refractivity (Wildman–Crippen MR) is 64.2 cm³/mol. The Bertz CT molecular complexity index is 315. The predicted octanol–water partition coefficient (Wildman–Crippen LogP) is 3.11. The summed E-state index contributed by atoms with van der Waals surface area (Å²) < 4.78 is 18.7. The van der Waals surface area contributed by atoms with Crippen molar-refractivity contribution in [2.75, 3.05) is 13.2 Å². The fourth-order valence-corrected chi connectivity index (χ4v) is 1.41. The highest BCUT2D eigenvalue weighted by atomic mass is 19.1. The molecule has 0 unspecified atom stereocenters. The molecule has 1 N–H and O–H groups in total. The number of nitrogens with one attached hydrogen (secondary N) is 1. The molecule has 0 saturated heterocycles. The molecule has 2 nitrogen and oxygen atoms in total. The van der Waals surface area contributed by atoms with Gasteiger partial charge in [0, 0.05) is 12.6 Å². The van der Waals surface area contributed by atoms with Gasteiger partial charge in [0.15, 0.2) is 0 Å². The molecule has 16 heavy (non-hydrogen) atoms. The van der Waals surface area contributed by atoms with Gasteiger partial charge in [-0.2, -0.15) is 0 Å². The van der Waals surface area contributed by atoms with E-state index in [1.165, 1.54) is 12.1 Å². The summed E-state index contributed by atoms with van der Waals surface area (Å²) >= 11 is 0. The van der Waals surface area contributed by atoms with Crippen LogP contribution in [0.15, 0.2) is 18.2 Å². The average molecular weight is 225 g/mol. The van der Waals surface area contributed by atoms with E-state index in [-0.39, 0.29) is 5.82 Å². The number of unbranched alkanes of at least 4 members (excludes halogenated alkanes) is 1. The molecule has 0 fully saturated rings. The van der Waals surface area contributed by atoms with Gasteiger partial charge < -0.3 is 10.1 Å². The minimum Gasteiger partial charge on any atom is -0.493 e.